The lowest BCUT2D eigenvalue weighted by atomic mass is 10.1. The van der Waals surface area contributed by atoms with Crippen LogP contribution >= 0.6 is 11.3 Å². The molecule has 0 spiro atoms. The van der Waals surface area contributed by atoms with Crippen molar-refractivity contribution in [1.29, 1.82) is 0 Å². The molecule has 0 bridgehead atoms. The monoisotopic (exact) mass is 353 g/mol. The molecule has 130 valence electrons. The summed E-state index contributed by atoms with van der Waals surface area (Å²) in [5.74, 6) is -0.116. The van der Waals surface area contributed by atoms with E-state index in [1.165, 1.54) is 0 Å². The molecule has 2 N–H and O–H groups in total. The number of carbonyl (C=O) groups is 1. The minimum absolute atomic E-state index is 0.0531. The molecule has 1 aromatic heterocycles. The van der Waals surface area contributed by atoms with Gasteiger partial charge in [-0.1, -0.05) is 49.4 Å². The summed E-state index contributed by atoms with van der Waals surface area (Å²) in [6.45, 7) is 4.04. The molecular weight excluding hydrogens is 330 g/mol. The van der Waals surface area contributed by atoms with E-state index in [1.807, 2.05) is 37.3 Å². The first-order valence-corrected chi connectivity index (χ1v) is 9.47. The molecule has 4 nitrogen and oxygen atoms in total. The van der Waals surface area contributed by atoms with Gasteiger partial charge in [0.1, 0.15) is 5.69 Å². The summed E-state index contributed by atoms with van der Waals surface area (Å²) in [4.78, 5) is 18.3. The third-order valence-electron chi connectivity index (χ3n) is 4.16. The largest absolute Gasteiger partial charge is 0.344 e. The maximum Gasteiger partial charge on any atom is 0.271 e. The molecule has 0 saturated heterocycles. The van der Waals surface area contributed by atoms with Gasteiger partial charge in [0.15, 0.2) is 5.13 Å². The summed E-state index contributed by atoms with van der Waals surface area (Å²) in [5.41, 5.74) is 2.76. The third kappa shape index (κ3) is 4.37. The number of allylic oxidation sites excluding steroid dienone is 4. The molecule has 1 amide bonds. The zero-order valence-corrected chi connectivity index (χ0v) is 15.4. The lowest BCUT2D eigenvalue weighted by molar-refractivity contribution is 0.0934. The number of thiazole rings is 1. The Morgan fingerprint density at radius 3 is 2.80 bits per heavy atom. The number of aromatic nitrogens is 1. The Balaban J connectivity index is 1.73. The number of rotatable bonds is 6. The maximum absolute atomic E-state index is 12.7. The lowest BCUT2D eigenvalue weighted by Crippen LogP contribution is -2.27. The predicted octanol–water partition coefficient (Wildman–Crippen LogP) is 4.84. The molecular formula is C20H23N3OS. The number of anilines is 1. The first-order valence-electron chi connectivity index (χ1n) is 8.65. The molecule has 25 heavy (non-hydrogen) atoms. The van der Waals surface area contributed by atoms with Crippen molar-refractivity contribution in [3.05, 3.63) is 70.4 Å². The van der Waals surface area contributed by atoms with Crippen LogP contribution in [0.1, 0.15) is 53.7 Å². The number of amides is 1. The normalized spacial score (nSPS) is 14.7. The molecule has 1 unspecified atom stereocenters. The summed E-state index contributed by atoms with van der Waals surface area (Å²) in [7, 11) is 0. The fourth-order valence-corrected chi connectivity index (χ4v) is 3.69. The molecule has 0 aliphatic heterocycles. The highest BCUT2D eigenvalue weighted by molar-refractivity contribution is 7.15. The number of nitrogens with one attached hydrogen (secondary N) is 2. The Bertz CT molecular complexity index is 793. The quantitative estimate of drug-likeness (QED) is 0.781. The third-order valence-corrected chi connectivity index (χ3v) is 5.28. The molecule has 1 aromatic carbocycles. The van der Waals surface area contributed by atoms with Crippen molar-refractivity contribution in [3.8, 4) is 0 Å². The van der Waals surface area contributed by atoms with Gasteiger partial charge < -0.3 is 10.6 Å². The Morgan fingerprint density at radius 2 is 2.12 bits per heavy atom. The van der Waals surface area contributed by atoms with Gasteiger partial charge in [-0.25, -0.2) is 4.98 Å². The zero-order valence-electron chi connectivity index (χ0n) is 14.6. The van der Waals surface area contributed by atoms with E-state index >= 15 is 0 Å². The Kier molecular flexibility index (Phi) is 5.66. The maximum atomic E-state index is 12.7. The van der Waals surface area contributed by atoms with Gasteiger partial charge in [-0.3, -0.25) is 4.79 Å². The van der Waals surface area contributed by atoms with Crippen molar-refractivity contribution in [3.63, 3.8) is 0 Å². The van der Waals surface area contributed by atoms with Gasteiger partial charge in [-0.15, -0.1) is 11.3 Å². The molecule has 0 radical (unpaired) electrons. The van der Waals surface area contributed by atoms with E-state index in [4.69, 9.17) is 0 Å². The van der Waals surface area contributed by atoms with Gasteiger partial charge in [-0.2, -0.15) is 0 Å². The van der Waals surface area contributed by atoms with Crippen molar-refractivity contribution in [2.75, 3.05) is 5.32 Å². The second-order valence-corrected chi connectivity index (χ2v) is 7.12. The Hall–Kier alpha value is -2.40. The number of nitrogens with zero attached hydrogens (tertiary/aromatic N) is 1. The van der Waals surface area contributed by atoms with Crippen LogP contribution in [0.2, 0.25) is 0 Å². The predicted molar refractivity (Wildman–Crippen MR) is 104 cm³/mol. The van der Waals surface area contributed by atoms with E-state index < -0.39 is 0 Å². The second kappa shape index (κ2) is 8.12. The van der Waals surface area contributed by atoms with Crippen LogP contribution in [0.5, 0.6) is 0 Å². The van der Waals surface area contributed by atoms with E-state index in [-0.39, 0.29) is 11.9 Å². The summed E-state index contributed by atoms with van der Waals surface area (Å²) in [6, 6.07) is 9.91. The summed E-state index contributed by atoms with van der Waals surface area (Å²) in [6.07, 6.45) is 9.06. The number of hydrogen-bond acceptors (Lipinski definition) is 4. The molecule has 3 rings (SSSR count). The number of hydrogen-bond donors (Lipinski definition) is 2. The summed E-state index contributed by atoms with van der Waals surface area (Å²) >= 11 is 1.56. The van der Waals surface area contributed by atoms with Crippen molar-refractivity contribution < 1.29 is 4.79 Å². The van der Waals surface area contributed by atoms with Gasteiger partial charge in [0.05, 0.1) is 6.04 Å². The fourth-order valence-electron chi connectivity index (χ4n) is 2.76. The van der Waals surface area contributed by atoms with Crippen LogP contribution in [0.15, 0.2) is 54.3 Å². The number of carbonyl (C=O) groups excluding carboxylic acids is 1. The minimum atomic E-state index is -0.116. The topological polar surface area (TPSA) is 54.0 Å². The van der Waals surface area contributed by atoms with Crippen molar-refractivity contribution in [2.24, 2.45) is 0 Å². The van der Waals surface area contributed by atoms with Crippen LogP contribution in [0, 0.1) is 0 Å². The number of aryl methyl sites for hydroxylation is 1. The van der Waals surface area contributed by atoms with Crippen molar-refractivity contribution in [2.45, 2.75) is 39.2 Å². The van der Waals surface area contributed by atoms with Gasteiger partial charge >= 0.3 is 0 Å². The molecule has 1 atom stereocenters. The van der Waals surface area contributed by atoms with Crippen LogP contribution in [-0.4, -0.2) is 10.9 Å². The standard InChI is InChI=1S/C20H23N3OS/c1-3-17-18(19(24)21-14(2)15-10-6-4-7-11-15)23-20(25-17)22-16-12-8-5-9-13-16/h4-8,10-12,14H,3,9,13H2,1-2H3,(H,21,24)(H,22,23). The minimum Gasteiger partial charge on any atom is -0.344 e. The van der Waals surface area contributed by atoms with Crippen LogP contribution in [0.3, 0.4) is 0 Å². The summed E-state index contributed by atoms with van der Waals surface area (Å²) < 4.78 is 0. The first kappa shape index (κ1) is 17.4. The average molecular weight is 353 g/mol. The molecule has 5 heteroatoms. The van der Waals surface area contributed by atoms with Crippen LogP contribution in [0.4, 0.5) is 5.13 Å². The van der Waals surface area contributed by atoms with Gasteiger partial charge in [0.25, 0.3) is 5.91 Å². The second-order valence-electron chi connectivity index (χ2n) is 6.03. The smallest absolute Gasteiger partial charge is 0.271 e. The van der Waals surface area contributed by atoms with Gasteiger partial charge in [0, 0.05) is 10.6 Å². The Morgan fingerprint density at radius 1 is 1.32 bits per heavy atom. The highest BCUT2D eigenvalue weighted by Gasteiger charge is 2.19. The van der Waals surface area contributed by atoms with E-state index in [9.17, 15) is 4.79 Å². The highest BCUT2D eigenvalue weighted by Crippen LogP contribution is 2.27. The van der Waals surface area contributed by atoms with Crippen molar-refractivity contribution >= 4 is 22.4 Å². The zero-order chi connectivity index (χ0) is 17.6. The molecule has 0 saturated carbocycles. The van der Waals surface area contributed by atoms with Crippen LogP contribution < -0.4 is 10.6 Å². The highest BCUT2D eigenvalue weighted by atomic mass is 32.1. The first-order chi connectivity index (χ1) is 12.2. The Labute approximate surface area is 152 Å². The fraction of sp³-hybridized carbons (Fsp3) is 0.300. The average Bonchev–Trinajstić information content (AvgIpc) is 3.06. The summed E-state index contributed by atoms with van der Waals surface area (Å²) in [5, 5.41) is 7.20. The molecule has 1 aliphatic rings. The van der Waals surface area contributed by atoms with Gasteiger partial charge in [0.2, 0.25) is 0 Å². The molecule has 1 aliphatic carbocycles. The number of benzene rings is 1. The van der Waals surface area contributed by atoms with Crippen LogP contribution in [0.25, 0.3) is 0 Å². The van der Waals surface area contributed by atoms with Crippen LogP contribution in [-0.2, 0) is 6.42 Å². The SMILES string of the molecule is CCc1sc(NC2=CC=CCC2)nc1C(=O)NC(C)c1ccccc1. The van der Waals surface area contributed by atoms with E-state index in [0.29, 0.717) is 5.69 Å². The van der Waals surface area contributed by atoms with E-state index in [2.05, 4.69) is 40.8 Å². The van der Waals surface area contributed by atoms with E-state index in [0.717, 1.165) is 40.5 Å². The van der Waals surface area contributed by atoms with E-state index in [1.54, 1.807) is 11.3 Å². The lowest BCUT2D eigenvalue weighted by Gasteiger charge is -2.13. The molecule has 0 fully saturated rings. The van der Waals surface area contributed by atoms with Gasteiger partial charge in [-0.05, 0) is 37.8 Å². The van der Waals surface area contributed by atoms with Crippen molar-refractivity contribution in [1.82, 2.24) is 10.3 Å². The molecule has 1 heterocycles. The molecule has 2 aromatic rings.